The first-order valence-electron chi connectivity index (χ1n) is 5.41. The third-order valence-corrected chi connectivity index (χ3v) is 3.41. The van der Waals surface area contributed by atoms with Crippen molar-refractivity contribution in [1.29, 1.82) is 0 Å². The van der Waals surface area contributed by atoms with E-state index in [1.54, 1.807) is 19.2 Å². The van der Waals surface area contributed by atoms with Gasteiger partial charge in [-0.2, -0.15) is 0 Å². The number of benzene rings is 1. The van der Waals surface area contributed by atoms with Crippen LogP contribution in [0.1, 0.15) is 38.1 Å². The van der Waals surface area contributed by atoms with E-state index in [0.717, 1.165) is 12.0 Å². The van der Waals surface area contributed by atoms with Crippen molar-refractivity contribution < 1.29 is 4.74 Å². The number of alkyl halides is 1. The lowest BCUT2D eigenvalue weighted by atomic mass is 9.88. The van der Waals surface area contributed by atoms with E-state index in [4.69, 9.17) is 39.5 Å². The van der Waals surface area contributed by atoms with Crippen LogP contribution in [0.3, 0.4) is 0 Å². The molecular weight excluding hydrogens is 279 g/mol. The van der Waals surface area contributed by atoms with Crippen LogP contribution in [0, 0.1) is 5.41 Å². The first-order chi connectivity index (χ1) is 7.74. The fourth-order valence-electron chi connectivity index (χ4n) is 1.59. The van der Waals surface area contributed by atoms with E-state index in [-0.39, 0.29) is 10.8 Å². The van der Waals surface area contributed by atoms with Crippen LogP contribution in [0.5, 0.6) is 5.75 Å². The van der Waals surface area contributed by atoms with Crippen LogP contribution in [0.2, 0.25) is 10.0 Å². The molecule has 1 nitrogen and oxygen atoms in total. The highest BCUT2D eigenvalue weighted by Crippen LogP contribution is 2.40. The van der Waals surface area contributed by atoms with Crippen molar-refractivity contribution in [3.05, 3.63) is 27.7 Å². The summed E-state index contributed by atoms with van der Waals surface area (Å²) in [4.78, 5) is 0. The van der Waals surface area contributed by atoms with E-state index in [1.807, 2.05) is 0 Å². The lowest BCUT2D eigenvalue weighted by molar-refractivity contribution is 0.372. The molecule has 0 bridgehead atoms. The molecule has 1 atom stereocenters. The quantitative estimate of drug-likeness (QED) is 0.648. The molecular formula is C13H17Cl3O. The molecule has 0 aromatic heterocycles. The highest BCUT2D eigenvalue weighted by Gasteiger charge is 2.21. The fraction of sp³-hybridized carbons (Fsp3) is 0.538. The van der Waals surface area contributed by atoms with Gasteiger partial charge in [0.1, 0.15) is 5.75 Å². The molecule has 4 heteroatoms. The van der Waals surface area contributed by atoms with Gasteiger partial charge in [-0.1, -0.05) is 44.0 Å². The normalized spacial score (nSPS) is 13.6. The zero-order valence-electron chi connectivity index (χ0n) is 10.5. The Bertz CT molecular complexity index is 396. The van der Waals surface area contributed by atoms with Gasteiger partial charge >= 0.3 is 0 Å². The Balaban J connectivity index is 3.02. The summed E-state index contributed by atoms with van der Waals surface area (Å²) in [6.07, 6.45) is 0.830. The summed E-state index contributed by atoms with van der Waals surface area (Å²) in [6, 6.07) is 3.49. The van der Waals surface area contributed by atoms with Crippen LogP contribution in [-0.4, -0.2) is 7.11 Å². The fourth-order valence-corrected chi connectivity index (χ4v) is 2.82. The summed E-state index contributed by atoms with van der Waals surface area (Å²) in [5, 5.41) is 0.980. The van der Waals surface area contributed by atoms with Gasteiger partial charge in [0.2, 0.25) is 0 Å². The van der Waals surface area contributed by atoms with Gasteiger partial charge in [0.05, 0.1) is 17.5 Å². The summed E-state index contributed by atoms with van der Waals surface area (Å²) >= 11 is 18.6. The molecule has 0 aliphatic carbocycles. The molecule has 0 fully saturated rings. The molecule has 1 rings (SSSR count). The molecule has 0 amide bonds. The van der Waals surface area contributed by atoms with Gasteiger partial charge in [-0.25, -0.2) is 0 Å². The second-order valence-corrected chi connectivity index (χ2v) is 6.58. The predicted molar refractivity (Wildman–Crippen MR) is 75.7 cm³/mol. The number of rotatable bonds is 3. The Labute approximate surface area is 118 Å². The zero-order valence-corrected chi connectivity index (χ0v) is 12.7. The minimum Gasteiger partial charge on any atom is -0.495 e. The van der Waals surface area contributed by atoms with Crippen LogP contribution in [0.25, 0.3) is 0 Å². The smallest absolute Gasteiger partial charge is 0.138 e. The Morgan fingerprint density at radius 3 is 2.24 bits per heavy atom. The molecule has 0 saturated heterocycles. The van der Waals surface area contributed by atoms with Crippen molar-refractivity contribution in [1.82, 2.24) is 0 Å². The second kappa shape index (κ2) is 5.69. The summed E-state index contributed by atoms with van der Waals surface area (Å²) in [6.45, 7) is 6.42. The van der Waals surface area contributed by atoms with E-state index in [9.17, 15) is 0 Å². The zero-order chi connectivity index (χ0) is 13.2. The maximum absolute atomic E-state index is 6.38. The molecule has 1 aromatic rings. The van der Waals surface area contributed by atoms with Crippen molar-refractivity contribution >= 4 is 34.8 Å². The number of ether oxygens (including phenoxy) is 1. The molecule has 0 aliphatic rings. The summed E-state index contributed by atoms with van der Waals surface area (Å²) < 4.78 is 5.10. The highest BCUT2D eigenvalue weighted by atomic mass is 35.5. The van der Waals surface area contributed by atoms with Gasteiger partial charge in [-0.3, -0.25) is 0 Å². The Morgan fingerprint density at radius 1 is 1.18 bits per heavy atom. The van der Waals surface area contributed by atoms with E-state index >= 15 is 0 Å². The molecule has 0 aliphatic heterocycles. The van der Waals surface area contributed by atoms with Crippen molar-refractivity contribution in [2.45, 2.75) is 32.6 Å². The van der Waals surface area contributed by atoms with Crippen molar-refractivity contribution in [3.8, 4) is 5.75 Å². The average Bonchev–Trinajstić information content (AvgIpc) is 2.18. The van der Waals surface area contributed by atoms with Gasteiger partial charge in [-0.05, 0) is 23.5 Å². The third kappa shape index (κ3) is 4.24. The molecule has 0 N–H and O–H groups in total. The molecule has 96 valence electrons. The van der Waals surface area contributed by atoms with Gasteiger partial charge in [0.15, 0.2) is 0 Å². The standard InChI is InChI=1S/C13H17Cl3O/c1-13(2,3)7-11(16)8-5-10(15)12(17-4)6-9(8)14/h5-6,11H,7H2,1-4H3. The molecule has 0 spiro atoms. The van der Waals surface area contributed by atoms with Gasteiger partial charge in [-0.15, -0.1) is 11.6 Å². The largest absolute Gasteiger partial charge is 0.495 e. The average molecular weight is 296 g/mol. The number of halogens is 3. The topological polar surface area (TPSA) is 9.23 Å². The van der Waals surface area contributed by atoms with Gasteiger partial charge in [0, 0.05) is 11.1 Å². The highest BCUT2D eigenvalue weighted by molar-refractivity contribution is 6.35. The maximum Gasteiger partial charge on any atom is 0.138 e. The first-order valence-corrected chi connectivity index (χ1v) is 6.61. The van der Waals surface area contributed by atoms with Crippen molar-refractivity contribution in [2.75, 3.05) is 7.11 Å². The monoisotopic (exact) mass is 294 g/mol. The van der Waals surface area contributed by atoms with Crippen LogP contribution < -0.4 is 4.74 Å². The maximum atomic E-state index is 6.38. The predicted octanol–water partition coefficient (Wildman–Crippen LogP) is 5.72. The van der Waals surface area contributed by atoms with Gasteiger partial charge in [0.25, 0.3) is 0 Å². The SMILES string of the molecule is COc1cc(Cl)c(C(Cl)CC(C)(C)C)cc1Cl. The third-order valence-electron chi connectivity index (χ3n) is 2.40. The minimum atomic E-state index is -0.147. The van der Waals surface area contributed by atoms with Crippen LogP contribution in [0.15, 0.2) is 12.1 Å². The Hall–Kier alpha value is -0.110. The first kappa shape index (κ1) is 14.9. The number of hydrogen-bond donors (Lipinski definition) is 0. The Kier molecular flexibility index (Phi) is 5.00. The van der Waals surface area contributed by atoms with E-state index in [0.29, 0.717) is 15.8 Å². The van der Waals surface area contributed by atoms with E-state index in [1.165, 1.54) is 0 Å². The lowest BCUT2D eigenvalue weighted by Crippen LogP contribution is -2.09. The van der Waals surface area contributed by atoms with E-state index < -0.39 is 0 Å². The second-order valence-electron chi connectivity index (χ2n) is 5.24. The van der Waals surface area contributed by atoms with Crippen molar-refractivity contribution in [3.63, 3.8) is 0 Å². The molecule has 0 heterocycles. The van der Waals surface area contributed by atoms with Crippen LogP contribution in [0.4, 0.5) is 0 Å². The molecule has 0 saturated carbocycles. The van der Waals surface area contributed by atoms with Crippen LogP contribution >= 0.6 is 34.8 Å². The summed E-state index contributed by atoms with van der Waals surface area (Å²) in [7, 11) is 1.56. The molecule has 1 unspecified atom stereocenters. The molecule has 17 heavy (non-hydrogen) atoms. The van der Waals surface area contributed by atoms with Crippen molar-refractivity contribution in [2.24, 2.45) is 5.41 Å². The summed E-state index contributed by atoms with van der Waals surface area (Å²) in [5.41, 5.74) is 0.997. The van der Waals surface area contributed by atoms with Crippen LogP contribution in [-0.2, 0) is 0 Å². The lowest BCUT2D eigenvalue weighted by Gasteiger charge is -2.23. The van der Waals surface area contributed by atoms with Gasteiger partial charge < -0.3 is 4.74 Å². The number of hydrogen-bond acceptors (Lipinski definition) is 1. The summed E-state index contributed by atoms with van der Waals surface area (Å²) in [5.74, 6) is 0.569. The Morgan fingerprint density at radius 2 is 1.76 bits per heavy atom. The minimum absolute atomic E-state index is 0.141. The van der Waals surface area contributed by atoms with E-state index in [2.05, 4.69) is 20.8 Å². The molecule has 1 aromatic carbocycles. The molecule has 0 radical (unpaired) electrons. The number of methoxy groups -OCH3 is 1.